The third-order valence-corrected chi connectivity index (χ3v) is 12.2. The summed E-state index contributed by atoms with van der Waals surface area (Å²) in [5.74, 6) is 0. The number of benzene rings is 7. The molecule has 54 heavy (non-hydrogen) atoms. The lowest BCUT2D eigenvalue weighted by atomic mass is 9.70. The molecule has 0 saturated carbocycles. The minimum Gasteiger partial charge on any atom is -0.310 e. The summed E-state index contributed by atoms with van der Waals surface area (Å²) in [7, 11) is 0. The highest BCUT2D eigenvalue weighted by molar-refractivity contribution is 5.97. The predicted octanol–water partition coefficient (Wildman–Crippen LogP) is 13.6. The van der Waals surface area contributed by atoms with Gasteiger partial charge in [-0.15, -0.1) is 0 Å². The Morgan fingerprint density at radius 1 is 0.481 bits per heavy atom. The average molecular weight is 692 g/mol. The molecule has 258 valence electrons. The van der Waals surface area contributed by atoms with Crippen LogP contribution in [0.5, 0.6) is 0 Å². The summed E-state index contributed by atoms with van der Waals surface area (Å²) >= 11 is 0. The van der Waals surface area contributed by atoms with Crippen molar-refractivity contribution in [2.45, 2.75) is 31.6 Å². The molecule has 0 aliphatic heterocycles. The maximum Gasteiger partial charge on any atom is 0.0726 e. The molecule has 1 heteroatoms. The second-order valence-corrected chi connectivity index (χ2v) is 15.2. The highest BCUT2D eigenvalue weighted by atomic mass is 15.2. The standard InChI is InChI=1S/C53H41N/c1-5-18-51(38(6-2)35-19-8-7-9-20-35)54(36-29-31-43-39-21-10-14-25-45(39)52(3,4)49(43)33-36)37-30-32-44-42-24-13-17-28-48(42)53(50(44)34-37)46-26-15-11-22-40(46)41-23-12-16-27-47(41)53/h5-34H,1H2,2-4H3/b38-6-,51-18+. The van der Waals surface area contributed by atoms with Gasteiger partial charge in [0.05, 0.1) is 11.1 Å². The maximum atomic E-state index is 4.25. The molecule has 0 atom stereocenters. The topological polar surface area (TPSA) is 3.24 Å². The van der Waals surface area contributed by atoms with Crippen LogP contribution in [0.4, 0.5) is 11.4 Å². The molecule has 0 N–H and O–H groups in total. The summed E-state index contributed by atoms with van der Waals surface area (Å²) in [6, 6.07) is 61.0. The Labute approximate surface area is 318 Å². The highest BCUT2D eigenvalue weighted by Crippen LogP contribution is 2.63. The molecule has 0 amide bonds. The summed E-state index contributed by atoms with van der Waals surface area (Å²) in [6.45, 7) is 11.1. The lowest BCUT2D eigenvalue weighted by Crippen LogP contribution is -2.26. The van der Waals surface area contributed by atoms with Gasteiger partial charge < -0.3 is 4.90 Å². The summed E-state index contributed by atoms with van der Waals surface area (Å²) < 4.78 is 0. The number of hydrogen-bond acceptors (Lipinski definition) is 1. The Balaban J connectivity index is 1.26. The molecule has 10 rings (SSSR count). The molecular formula is C53H41N. The molecule has 1 nitrogen and oxygen atoms in total. The van der Waals surface area contributed by atoms with Gasteiger partial charge in [-0.1, -0.05) is 172 Å². The lowest BCUT2D eigenvalue weighted by molar-refractivity contribution is 0.660. The van der Waals surface area contributed by atoms with Crippen LogP contribution < -0.4 is 4.90 Å². The van der Waals surface area contributed by atoms with Crippen LogP contribution in [0.15, 0.2) is 194 Å². The van der Waals surface area contributed by atoms with E-state index in [2.05, 4.69) is 208 Å². The zero-order valence-corrected chi connectivity index (χ0v) is 31.0. The van der Waals surface area contributed by atoms with E-state index in [1.807, 2.05) is 6.08 Å². The number of hydrogen-bond donors (Lipinski definition) is 0. The predicted molar refractivity (Wildman–Crippen MR) is 227 cm³/mol. The largest absolute Gasteiger partial charge is 0.310 e. The Bertz CT molecular complexity index is 2660. The summed E-state index contributed by atoms with van der Waals surface area (Å²) in [5, 5.41) is 0. The molecule has 0 radical (unpaired) electrons. The molecule has 7 aromatic rings. The van der Waals surface area contributed by atoms with Gasteiger partial charge in [0.2, 0.25) is 0 Å². The fourth-order valence-corrected chi connectivity index (χ4v) is 9.96. The monoisotopic (exact) mass is 691 g/mol. The highest BCUT2D eigenvalue weighted by Gasteiger charge is 2.51. The van der Waals surface area contributed by atoms with Crippen LogP contribution in [0.25, 0.3) is 39.0 Å². The number of anilines is 2. The van der Waals surface area contributed by atoms with Gasteiger partial charge in [-0.3, -0.25) is 0 Å². The molecule has 0 heterocycles. The van der Waals surface area contributed by atoms with Crippen molar-refractivity contribution < 1.29 is 0 Å². The fraction of sp³-hybridized carbons (Fsp3) is 0.0943. The van der Waals surface area contributed by atoms with Crippen molar-refractivity contribution in [2.24, 2.45) is 0 Å². The van der Waals surface area contributed by atoms with Crippen molar-refractivity contribution in [2.75, 3.05) is 4.90 Å². The van der Waals surface area contributed by atoms with E-state index in [1.165, 1.54) is 66.8 Å². The van der Waals surface area contributed by atoms with Gasteiger partial charge in [0.15, 0.2) is 0 Å². The van der Waals surface area contributed by atoms with Crippen molar-refractivity contribution in [1.82, 2.24) is 0 Å². The second-order valence-electron chi connectivity index (χ2n) is 15.2. The third kappa shape index (κ3) is 4.33. The maximum absolute atomic E-state index is 4.25. The van der Waals surface area contributed by atoms with Crippen LogP contribution in [-0.4, -0.2) is 0 Å². The molecule has 3 aliphatic rings. The molecule has 0 aromatic heterocycles. The first kappa shape index (κ1) is 32.2. The zero-order valence-electron chi connectivity index (χ0n) is 31.0. The summed E-state index contributed by atoms with van der Waals surface area (Å²) in [4.78, 5) is 2.47. The first-order valence-electron chi connectivity index (χ1n) is 19.0. The van der Waals surface area contributed by atoms with Gasteiger partial charge in [0, 0.05) is 22.4 Å². The van der Waals surface area contributed by atoms with Gasteiger partial charge in [-0.2, -0.15) is 0 Å². The van der Waals surface area contributed by atoms with Gasteiger partial charge in [-0.05, 0) is 110 Å². The smallest absolute Gasteiger partial charge is 0.0726 e. The van der Waals surface area contributed by atoms with Crippen LogP contribution >= 0.6 is 0 Å². The molecule has 0 bridgehead atoms. The zero-order chi connectivity index (χ0) is 36.6. The quantitative estimate of drug-likeness (QED) is 0.157. The Kier molecular flexibility index (Phi) is 7.19. The molecular weight excluding hydrogens is 651 g/mol. The Morgan fingerprint density at radius 2 is 0.907 bits per heavy atom. The van der Waals surface area contributed by atoms with E-state index in [4.69, 9.17) is 0 Å². The van der Waals surface area contributed by atoms with E-state index in [0.29, 0.717) is 0 Å². The van der Waals surface area contributed by atoms with Crippen LogP contribution in [0.2, 0.25) is 0 Å². The van der Waals surface area contributed by atoms with Gasteiger partial charge >= 0.3 is 0 Å². The summed E-state index contributed by atoms with van der Waals surface area (Å²) in [6.07, 6.45) is 6.34. The van der Waals surface area contributed by atoms with E-state index in [9.17, 15) is 0 Å². The molecule has 0 saturated heterocycles. The van der Waals surface area contributed by atoms with Crippen LogP contribution in [0.3, 0.4) is 0 Å². The van der Waals surface area contributed by atoms with E-state index in [0.717, 1.165) is 28.2 Å². The van der Waals surface area contributed by atoms with Crippen molar-refractivity contribution >= 4 is 16.9 Å². The van der Waals surface area contributed by atoms with Crippen molar-refractivity contribution in [1.29, 1.82) is 0 Å². The summed E-state index contributed by atoms with van der Waals surface area (Å²) in [5.41, 5.74) is 21.0. The van der Waals surface area contributed by atoms with Gasteiger partial charge in [0.25, 0.3) is 0 Å². The minimum absolute atomic E-state index is 0.139. The van der Waals surface area contributed by atoms with E-state index in [-0.39, 0.29) is 5.41 Å². The minimum atomic E-state index is -0.437. The first-order valence-corrected chi connectivity index (χ1v) is 19.0. The van der Waals surface area contributed by atoms with Crippen molar-refractivity contribution in [3.63, 3.8) is 0 Å². The van der Waals surface area contributed by atoms with E-state index < -0.39 is 5.41 Å². The second kappa shape index (κ2) is 12.0. The van der Waals surface area contributed by atoms with E-state index in [1.54, 1.807) is 0 Å². The van der Waals surface area contributed by atoms with E-state index >= 15 is 0 Å². The van der Waals surface area contributed by atoms with Crippen molar-refractivity contribution in [3.8, 4) is 33.4 Å². The average Bonchev–Trinajstić information content (AvgIpc) is 3.77. The number of rotatable bonds is 6. The van der Waals surface area contributed by atoms with Gasteiger partial charge in [-0.25, -0.2) is 0 Å². The van der Waals surface area contributed by atoms with Gasteiger partial charge in [0.1, 0.15) is 0 Å². The number of allylic oxidation sites excluding steroid dienone is 4. The Hall–Kier alpha value is -6.44. The van der Waals surface area contributed by atoms with Crippen LogP contribution in [0, 0.1) is 0 Å². The number of nitrogens with zero attached hydrogens (tertiary/aromatic N) is 1. The Morgan fingerprint density at radius 3 is 1.43 bits per heavy atom. The molecule has 0 unspecified atom stereocenters. The lowest BCUT2D eigenvalue weighted by Gasteiger charge is -2.34. The SMILES string of the molecule is C=C/C=C(\C(=C/C)c1ccccc1)N(c1ccc2c(c1)C(C)(C)c1ccccc1-2)c1ccc2c(c1)C1(c3ccccc3-c3ccccc31)c1ccccc1-2. The van der Waals surface area contributed by atoms with Crippen LogP contribution in [0.1, 0.15) is 59.7 Å². The third-order valence-electron chi connectivity index (χ3n) is 12.2. The normalized spacial score (nSPS) is 15.2. The molecule has 7 aromatic carbocycles. The fourth-order valence-electron chi connectivity index (χ4n) is 9.96. The molecule has 1 spiro atoms. The number of fused-ring (bicyclic) bond motifs is 13. The molecule has 0 fully saturated rings. The van der Waals surface area contributed by atoms with Crippen molar-refractivity contribution in [3.05, 3.63) is 233 Å². The first-order chi connectivity index (χ1) is 26.5. The molecule has 3 aliphatic carbocycles. The van der Waals surface area contributed by atoms with Crippen LogP contribution in [-0.2, 0) is 10.8 Å².